The summed E-state index contributed by atoms with van der Waals surface area (Å²) in [5, 5.41) is 3.40. The molecule has 0 unspecified atom stereocenters. The van der Waals surface area contributed by atoms with Crippen LogP contribution in [0.1, 0.15) is 26.7 Å². The lowest BCUT2D eigenvalue weighted by molar-refractivity contribution is -0.133. The van der Waals surface area contributed by atoms with Gasteiger partial charge in [-0.3, -0.25) is 9.69 Å². The maximum absolute atomic E-state index is 12.1. The molecule has 1 saturated carbocycles. The first-order valence-corrected chi connectivity index (χ1v) is 6.46. The number of amides is 1. The van der Waals surface area contributed by atoms with Crippen molar-refractivity contribution in [2.45, 2.75) is 38.8 Å². The Morgan fingerprint density at radius 3 is 2.81 bits per heavy atom. The van der Waals surface area contributed by atoms with Crippen molar-refractivity contribution in [2.24, 2.45) is 0 Å². The van der Waals surface area contributed by atoms with Crippen LogP contribution in [0.5, 0.6) is 0 Å². The third-order valence-corrected chi connectivity index (χ3v) is 3.46. The van der Waals surface area contributed by atoms with Gasteiger partial charge in [-0.2, -0.15) is 0 Å². The quantitative estimate of drug-likeness (QED) is 0.747. The van der Waals surface area contributed by atoms with Crippen LogP contribution in [0, 0.1) is 0 Å². The molecular formula is C12H23N3O. The van der Waals surface area contributed by atoms with Gasteiger partial charge >= 0.3 is 0 Å². The van der Waals surface area contributed by atoms with Gasteiger partial charge in [-0.25, -0.2) is 0 Å². The maximum Gasteiger partial charge on any atom is 0.236 e. The topological polar surface area (TPSA) is 35.6 Å². The van der Waals surface area contributed by atoms with E-state index in [2.05, 4.69) is 24.1 Å². The molecular weight excluding hydrogens is 202 g/mol. The van der Waals surface area contributed by atoms with E-state index in [9.17, 15) is 4.79 Å². The Bertz CT molecular complexity index is 253. The molecule has 1 heterocycles. The SMILES string of the molecule is CCN(C(=O)CN1CCN[C@@H](C)C1)C1CC1. The first kappa shape index (κ1) is 11.9. The van der Waals surface area contributed by atoms with Crippen molar-refractivity contribution in [1.82, 2.24) is 15.1 Å². The average molecular weight is 225 g/mol. The summed E-state index contributed by atoms with van der Waals surface area (Å²) in [5.74, 6) is 0.319. The van der Waals surface area contributed by atoms with E-state index in [-0.39, 0.29) is 0 Å². The summed E-state index contributed by atoms with van der Waals surface area (Å²) in [6, 6.07) is 1.07. The molecule has 16 heavy (non-hydrogen) atoms. The molecule has 1 saturated heterocycles. The predicted molar refractivity (Wildman–Crippen MR) is 64.3 cm³/mol. The largest absolute Gasteiger partial charge is 0.339 e. The van der Waals surface area contributed by atoms with Gasteiger partial charge < -0.3 is 10.2 Å². The lowest BCUT2D eigenvalue weighted by Crippen LogP contribution is -2.52. The fourth-order valence-electron chi connectivity index (χ4n) is 2.46. The number of nitrogens with zero attached hydrogens (tertiary/aromatic N) is 2. The average Bonchev–Trinajstić information content (AvgIpc) is 3.03. The van der Waals surface area contributed by atoms with E-state index in [0.29, 0.717) is 24.5 Å². The van der Waals surface area contributed by atoms with Crippen LogP contribution in [0.2, 0.25) is 0 Å². The van der Waals surface area contributed by atoms with E-state index in [0.717, 1.165) is 26.2 Å². The first-order valence-electron chi connectivity index (χ1n) is 6.46. The van der Waals surface area contributed by atoms with Crippen molar-refractivity contribution in [3.63, 3.8) is 0 Å². The molecule has 4 nitrogen and oxygen atoms in total. The lowest BCUT2D eigenvalue weighted by atomic mass is 10.2. The number of rotatable bonds is 4. The van der Waals surface area contributed by atoms with Gasteiger partial charge in [-0.1, -0.05) is 0 Å². The van der Waals surface area contributed by atoms with Gasteiger partial charge in [-0.05, 0) is 26.7 Å². The summed E-state index contributed by atoms with van der Waals surface area (Å²) in [5.41, 5.74) is 0. The highest BCUT2D eigenvalue weighted by molar-refractivity contribution is 5.78. The molecule has 0 aromatic heterocycles. The smallest absolute Gasteiger partial charge is 0.236 e. The predicted octanol–water partition coefficient (Wildman–Crippen LogP) is 0.291. The molecule has 2 fully saturated rings. The third kappa shape index (κ3) is 2.95. The molecule has 1 N–H and O–H groups in total. The summed E-state index contributed by atoms with van der Waals surface area (Å²) in [6.45, 7) is 8.73. The monoisotopic (exact) mass is 225 g/mol. The Kier molecular flexibility index (Phi) is 3.82. The summed E-state index contributed by atoms with van der Waals surface area (Å²) in [6.07, 6.45) is 2.41. The highest BCUT2D eigenvalue weighted by Gasteiger charge is 2.32. The number of carbonyl (C=O) groups is 1. The fourth-order valence-corrected chi connectivity index (χ4v) is 2.46. The molecule has 2 rings (SSSR count). The zero-order chi connectivity index (χ0) is 11.5. The van der Waals surface area contributed by atoms with Crippen molar-refractivity contribution in [2.75, 3.05) is 32.7 Å². The minimum atomic E-state index is 0.319. The molecule has 4 heteroatoms. The number of likely N-dealkylation sites (N-methyl/N-ethyl adjacent to an activating group) is 1. The molecule has 0 aromatic rings. The van der Waals surface area contributed by atoms with Gasteiger partial charge in [0.1, 0.15) is 0 Å². The second-order valence-corrected chi connectivity index (χ2v) is 5.00. The van der Waals surface area contributed by atoms with Gasteiger partial charge in [0.25, 0.3) is 0 Å². The molecule has 0 bridgehead atoms. The Morgan fingerprint density at radius 2 is 2.25 bits per heavy atom. The van der Waals surface area contributed by atoms with E-state index in [4.69, 9.17) is 0 Å². The minimum Gasteiger partial charge on any atom is -0.339 e. The normalized spacial score (nSPS) is 26.8. The Balaban J connectivity index is 1.80. The Morgan fingerprint density at radius 1 is 1.50 bits per heavy atom. The van der Waals surface area contributed by atoms with E-state index in [1.54, 1.807) is 0 Å². The van der Waals surface area contributed by atoms with Crippen LogP contribution >= 0.6 is 0 Å². The van der Waals surface area contributed by atoms with Crippen LogP contribution in [0.4, 0.5) is 0 Å². The van der Waals surface area contributed by atoms with Gasteiger partial charge in [0.15, 0.2) is 0 Å². The third-order valence-electron chi connectivity index (χ3n) is 3.46. The van der Waals surface area contributed by atoms with Crippen LogP contribution in [0.15, 0.2) is 0 Å². The summed E-state index contributed by atoms with van der Waals surface area (Å²) < 4.78 is 0. The zero-order valence-corrected chi connectivity index (χ0v) is 10.4. The van der Waals surface area contributed by atoms with E-state index >= 15 is 0 Å². The standard InChI is InChI=1S/C12H23N3O/c1-3-15(11-4-5-11)12(16)9-14-7-6-13-10(2)8-14/h10-11,13H,3-9H2,1-2H3/t10-/m0/s1. The van der Waals surface area contributed by atoms with Gasteiger partial charge in [0.2, 0.25) is 5.91 Å². The molecule has 1 aliphatic carbocycles. The molecule has 1 atom stereocenters. The maximum atomic E-state index is 12.1. The summed E-state index contributed by atoms with van der Waals surface area (Å²) in [7, 11) is 0. The zero-order valence-electron chi connectivity index (χ0n) is 10.4. The van der Waals surface area contributed by atoms with Crippen LogP contribution < -0.4 is 5.32 Å². The molecule has 1 aliphatic heterocycles. The van der Waals surface area contributed by atoms with Gasteiger partial charge in [-0.15, -0.1) is 0 Å². The molecule has 2 aliphatic rings. The fraction of sp³-hybridized carbons (Fsp3) is 0.917. The second kappa shape index (κ2) is 5.15. The molecule has 0 radical (unpaired) electrons. The van der Waals surface area contributed by atoms with E-state index < -0.39 is 0 Å². The lowest BCUT2D eigenvalue weighted by Gasteiger charge is -2.33. The summed E-state index contributed by atoms with van der Waals surface area (Å²) >= 11 is 0. The van der Waals surface area contributed by atoms with Crippen LogP contribution in [-0.2, 0) is 4.79 Å². The Hall–Kier alpha value is -0.610. The van der Waals surface area contributed by atoms with Crippen molar-refractivity contribution < 1.29 is 4.79 Å². The minimum absolute atomic E-state index is 0.319. The molecule has 0 spiro atoms. The second-order valence-electron chi connectivity index (χ2n) is 5.00. The highest BCUT2D eigenvalue weighted by Crippen LogP contribution is 2.26. The van der Waals surface area contributed by atoms with Crippen molar-refractivity contribution in [3.8, 4) is 0 Å². The van der Waals surface area contributed by atoms with E-state index in [1.165, 1.54) is 12.8 Å². The molecule has 0 aromatic carbocycles. The van der Waals surface area contributed by atoms with E-state index in [1.807, 2.05) is 4.90 Å². The summed E-state index contributed by atoms with van der Waals surface area (Å²) in [4.78, 5) is 16.4. The number of hydrogen-bond acceptors (Lipinski definition) is 3. The number of nitrogens with one attached hydrogen (secondary N) is 1. The Labute approximate surface area is 98.0 Å². The van der Waals surface area contributed by atoms with Crippen LogP contribution in [0.3, 0.4) is 0 Å². The van der Waals surface area contributed by atoms with Crippen LogP contribution in [-0.4, -0.2) is 60.5 Å². The molecule has 92 valence electrons. The van der Waals surface area contributed by atoms with Crippen molar-refractivity contribution in [3.05, 3.63) is 0 Å². The molecule has 1 amide bonds. The number of piperazine rings is 1. The number of hydrogen-bond donors (Lipinski definition) is 1. The first-order chi connectivity index (χ1) is 7.70. The van der Waals surface area contributed by atoms with Gasteiger partial charge in [0.05, 0.1) is 6.54 Å². The van der Waals surface area contributed by atoms with Crippen molar-refractivity contribution >= 4 is 5.91 Å². The van der Waals surface area contributed by atoms with Gasteiger partial charge in [0, 0.05) is 38.3 Å². The van der Waals surface area contributed by atoms with Crippen molar-refractivity contribution in [1.29, 1.82) is 0 Å². The van der Waals surface area contributed by atoms with Crippen LogP contribution in [0.25, 0.3) is 0 Å². The number of carbonyl (C=O) groups excluding carboxylic acids is 1. The highest BCUT2D eigenvalue weighted by atomic mass is 16.2.